The summed E-state index contributed by atoms with van der Waals surface area (Å²) in [5.41, 5.74) is 1.18. The minimum absolute atomic E-state index is 0.0408. The molecule has 1 aromatic carbocycles. The molecule has 102 valence electrons. The smallest absolute Gasteiger partial charge is 0.119 e. The third-order valence-electron chi connectivity index (χ3n) is 2.82. The Labute approximate surface area is 109 Å². The number of rotatable bonds is 8. The molecule has 0 heterocycles. The lowest BCUT2D eigenvalue weighted by atomic mass is 10.2. The molecule has 4 nitrogen and oxygen atoms in total. The van der Waals surface area contributed by atoms with E-state index in [1.807, 2.05) is 38.1 Å². The largest absolute Gasteiger partial charge is 0.491 e. The molecule has 0 aromatic heterocycles. The van der Waals surface area contributed by atoms with Crippen LogP contribution in [0, 0.1) is 6.92 Å². The summed E-state index contributed by atoms with van der Waals surface area (Å²) in [6, 6.07) is 7.76. The van der Waals surface area contributed by atoms with E-state index in [-0.39, 0.29) is 19.3 Å². The third-order valence-corrected chi connectivity index (χ3v) is 2.82. The van der Waals surface area contributed by atoms with Crippen LogP contribution in [0.4, 0.5) is 0 Å². The predicted molar refractivity (Wildman–Crippen MR) is 71.8 cm³/mol. The molecule has 0 aliphatic heterocycles. The lowest BCUT2D eigenvalue weighted by molar-refractivity contribution is 0.0995. The molecule has 0 saturated heterocycles. The minimum atomic E-state index is -0.577. The summed E-state index contributed by atoms with van der Waals surface area (Å²) in [5, 5.41) is 21.8. The maximum atomic E-state index is 9.74. The van der Waals surface area contributed by atoms with Gasteiger partial charge in [-0.3, -0.25) is 0 Å². The Morgan fingerprint density at radius 2 is 1.94 bits per heavy atom. The molecule has 4 heteroatoms. The van der Waals surface area contributed by atoms with E-state index >= 15 is 0 Å². The van der Waals surface area contributed by atoms with E-state index in [2.05, 4.69) is 5.32 Å². The van der Waals surface area contributed by atoms with Gasteiger partial charge in [0.1, 0.15) is 18.5 Å². The van der Waals surface area contributed by atoms with Crippen LogP contribution in [-0.2, 0) is 0 Å². The van der Waals surface area contributed by atoms with Gasteiger partial charge in [0.2, 0.25) is 0 Å². The van der Waals surface area contributed by atoms with E-state index < -0.39 is 6.10 Å². The van der Waals surface area contributed by atoms with Crippen LogP contribution in [0.25, 0.3) is 0 Å². The molecular weight excluding hydrogens is 230 g/mol. The highest BCUT2D eigenvalue weighted by Crippen LogP contribution is 2.11. The van der Waals surface area contributed by atoms with Crippen molar-refractivity contribution < 1.29 is 14.9 Å². The summed E-state index contributed by atoms with van der Waals surface area (Å²) in [5.74, 6) is 0.758. The summed E-state index contributed by atoms with van der Waals surface area (Å²) < 4.78 is 5.47. The molecule has 0 spiro atoms. The molecule has 2 atom stereocenters. The molecular formula is C14H23NO3. The van der Waals surface area contributed by atoms with Crippen molar-refractivity contribution in [1.82, 2.24) is 5.32 Å². The van der Waals surface area contributed by atoms with Gasteiger partial charge >= 0.3 is 0 Å². The van der Waals surface area contributed by atoms with Crippen molar-refractivity contribution in [3.8, 4) is 5.75 Å². The van der Waals surface area contributed by atoms with Crippen LogP contribution in [0.2, 0.25) is 0 Å². The molecule has 0 unspecified atom stereocenters. The lowest BCUT2D eigenvalue weighted by Gasteiger charge is -2.17. The molecule has 3 N–H and O–H groups in total. The Hall–Kier alpha value is -1.10. The zero-order valence-corrected chi connectivity index (χ0v) is 11.1. The molecule has 0 amide bonds. The van der Waals surface area contributed by atoms with E-state index in [0.29, 0.717) is 6.54 Å². The third kappa shape index (κ3) is 5.49. The monoisotopic (exact) mass is 253 g/mol. The molecule has 1 rings (SSSR count). The van der Waals surface area contributed by atoms with Gasteiger partial charge in [0.05, 0.1) is 6.61 Å². The van der Waals surface area contributed by atoms with E-state index in [0.717, 1.165) is 12.2 Å². The SMILES string of the molecule is CC[C@@H](CO)NC[C@H](O)COc1ccc(C)cc1. The van der Waals surface area contributed by atoms with Gasteiger partial charge in [0.25, 0.3) is 0 Å². The standard InChI is InChI=1S/C14H23NO3/c1-3-12(9-16)15-8-13(17)10-18-14-6-4-11(2)5-7-14/h4-7,12-13,15-17H,3,8-10H2,1-2H3/t12-,13-/m0/s1. The van der Waals surface area contributed by atoms with Crippen molar-refractivity contribution in [2.45, 2.75) is 32.4 Å². The van der Waals surface area contributed by atoms with Crippen LogP contribution >= 0.6 is 0 Å². The normalized spacial score (nSPS) is 14.2. The zero-order chi connectivity index (χ0) is 13.4. The summed E-state index contributed by atoms with van der Waals surface area (Å²) in [6.45, 7) is 4.76. The van der Waals surface area contributed by atoms with E-state index in [9.17, 15) is 5.11 Å². The maximum Gasteiger partial charge on any atom is 0.119 e. The van der Waals surface area contributed by atoms with Crippen molar-refractivity contribution in [3.05, 3.63) is 29.8 Å². The first-order valence-corrected chi connectivity index (χ1v) is 6.37. The Kier molecular flexibility index (Phi) is 6.72. The van der Waals surface area contributed by atoms with Gasteiger partial charge in [0, 0.05) is 12.6 Å². The van der Waals surface area contributed by atoms with Gasteiger partial charge in [-0.2, -0.15) is 0 Å². The molecule has 0 aliphatic carbocycles. The van der Waals surface area contributed by atoms with Gasteiger partial charge in [-0.05, 0) is 25.5 Å². The number of aliphatic hydroxyl groups is 2. The van der Waals surface area contributed by atoms with Gasteiger partial charge in [-0.15, -0.1) is 0 Å². The lowest BCUT2D eigenvalue weighted by Crippen LogP contribution is -2.39. The number of ether oxygens (including phenoxy) is 1. The van der Waals surface area contributed by atoms with Crippen LogP contribution in [-0.4, -0.2) is 42.1 Å². The molecule has 1 aromatic rings. The average molecular weight is 253 g/mol. The highest BCUT2D eigenvalue weighted by molar-refractivity contribution is 5.26. The summed E-state index contributed by atoms with van der Waals surface area (Å²) in [4.78, 5) is 0. The van der Waals surface area contributed by atoms with Crippen molar-refractivity contribution in [1.29, 1.82) is 0 Å². The quantitative estimate of drug-likeness (QED) is 0.649. The fraction of sp³-hybridized carbons (Fsp3) is 0.571. The number of aliphatic hydroxyl groups excluding tert-OH is 2. The van der Waals surface area contributed by atoms with E-state index in [1.165, 1.54) is 5.56 Å². The Morgan fingerprint density at radius 3 is 2.50 bits per heavy atom. The number of aryl methyl sites for hydroxylation is 1. The van der Waals surface area contributed by atoms with Gasteiger partial charge in [-0.1, -0.05) is 24.6 Å². The molecule has 0 radical (unpaired) electrons. The van der Waals surface area contributed by atoms with Crippen molar-refractivity contribution in [3.63, 3.8) is 0 Å². The van der Waals surface area contributed by atoms with Crippen LogP contribution in [0.1, 0.15) is 18.9 Å². The molecule has 0 bridgehead atoms. The summed E-state index contributed by atoms with van der Waals surface area (Å²) in [6.07, 6.45) is 0.258. The summed E-state index contributed by atoms with van der Waals surface area (Å²) >= 11 is 0. The van der Waals surface area contributed by atoms with E-state index in [1.54, 1.807) is 0 Å². The molecule has 18 heavy (non-hydrogen) atoms. The molecule has 0 fully saturated rings. The zero-order valence-electron chi connectivity index (χ0n) is 11.1. The topological polar surface area (TPSA) is 61.7 Å². The minimum Gasteiger partial charge on any atom is -0.491 e. The first kappa shape index (κ1) is 15.0. The molecule has 0 aliphatic rings. The van der Waals surface area contributed by atoms with Gasteiger partial charge in [0.15, 0.2) is 0 Å². The van der Waals surface area contributed by atoms with Crippen molar-refractivity contribution >= 4 is 0 Å². The predicted octanol–water partition coefficient (Wildman–Crippen LogP) is 1.10. The highest BCUT2D eigenvalue weighted by Gasteiger charge is 2.09. The van der Waals surface area contributed by atoms with Gasteiger partial charge < -0.3 is 20.3 Å². The fourth-order valence-corrected chi connectivity index (χ4v) is 1.53. The Bertz CT molecular complexity index is 322. The number of nitrogens with one attached hydrogen (secondary N) is 1. The Morgan fingerprint density at radius 1 is 1.28 bits per heavy atom. The van der Waals surface area contributed by atoms with Crippen molar-refractivity contribution in [2.24, 2.45) is 0 Å². The maximum absolute atomic E-state index is 9.74. The Balaban J connectivity index is 2.24. The fourth-order valence-electron chi connectivity index (χ4n) is 1.53. The first-order valence-electron chi connectivity index (χ1n) is 6.37. The van der Waals surface area contributed by atoms with Crippen LogP contribution < -0.4 is 10.1 Å². The second-order valence-corrected chi connectivity index (χ2v) is 4.47. The van der Waals surface area contributed by atoms with Crippen LogP contribution in [0.3, 0.4) is 0 Å². The highest BCUT2D eigenvalue weighted by atomic mass is 16.5. The summed E-state index contributed by atoms with van der Waals surface area (Å²) in [7, 11) is 0. The van der Waals surface area contributed by atoms with Gasteiger partial charge in [-0.25, -0.2) is 0 Å². The second-order valence-electron chi connectivity index (χ2n) is 4.47. The number of hydrogen-bond acceptors (Lipinski definition) is 4. The second kappa shape index (κ2) is 8.08. The number of benzene rings is 1. The van der Waals surface area contributed by atoms with Crippen LogP contribution in [0.5, 0.6) is 5.75 Å². The molecule has 0 saturated carbocycles. The first-order chi connectivity index (χ1) is 8.65. The average Bonchev–Trinajstić information content (AvgIpc) is 2.39. The number of hydrogen-bond donors (Lipinski definition) is 3. The van der Waals surface area contributed by atoms with Crippen LogP contribution in [0.15, 0.2) is 24.3 Å². The van der Waals surface area contributed by atoms with E-state index in [4.69, 9.17) is 9.84 Å². The van der Waals surface area contributed by atoms with Crippen molar-refractivity contribution in [2.75, 3.05) is 19.8 Å².